The second-order valence-corrected chi connectivity index (χ2v) is 8.76. The molecule has 2 aliphatic heterocycles. The van der Waals surface area contributed by atoms with Crippen LogP contribution in [0.2, 0.25) is 0 Å². The number of H-pyrrole nitrogens is 1. The van der Waals surface area contributed by atoms with Gasteiger partial charge in [-0.1, -0.05) is 72.8 Å². The van der Waals surface area contributed by atoms with E-state index in [1.54, 1.807) is 12.1 Å². The first-order chi connectivity index (χ1) is 17.2. The first kappa shape index (κ1) is 21.3. The number of aryl methyl sites for hydroxylation is 2. The summed E-state index contributed by atoms with van der Waals surface area (Å²) in [7, 11) is 0. The Morgan fingerprint density at radius 3 is 2.63 bits per heavy atom. The van der Waals surface area contributed by atoms with Crippen LogP contribution in [0.25, 0.3) is 10.8 Å². The van der Waals surface area contributed by atoms with Gasteiger partial charge in [0.05, 0.1) is 11.4 Å². The van der Waals surface area contributed by atoms with E-state index in [0.29, 0.717) is 17.9 Å². The van der Waals surface area contributed by atoms with Crippen molar-refractivity contribution in [3.8, 4) is 0 Å². The van der Waals surface area contributed by atoms with E-state index >= 15 is 0 Å². The number of esters is 1. The quantitative estimate of drug-likeness (QED) is 0.314. The summed E-state index contributed by atoms with van der Waals surface area (Å²) in [4.78, 5) is 12.8. The predicted octanol–water partition coefficient (Wildman–Crippen LogP) is 4.32. The number of hydrogen-bond donors (Lipinski definition) is 2. The molecule has 0 amide bonds. The number of nitrogens with zero attached hydrogens (tertiary/aromatic N) is 2. The Morgan fingerprint density at radius 2 is 1.74 bits per heavy atom. The third-order valence-corrected chi connectivity index (χ3v) is 6.19. The highest BCUT2D eigenvalue weighted by molar-refractivity contribution is 5.98. The summed E-state index contributed by atoms with van der Waals surface area (Å²) in [6.45, 7) is 0. The summed E-state index contributed by atoms with van der Waals surface area (Å²) >= 11 is 0. The van der Waals surface area contributed by atoms with Gasteiger partial charge >= 0.3 is 5.97 Å². The molecule has 1 saturated heterocycles. The molecule has 1 aromatic heterocycles. The van der Waals surface area contributed by atoms with E-state index in [-0.39, 0.29) is 12.3 Å². The summed E-state index contributed by atoms with van der Waals surface area (Å²) in [6, 6.07) is 26.5. The van der Waals surface area contributed by atoms with Gasteiger partial charge in [-0.05, 0) is 40.8 Å². The van der Waals surface area contributed by atoms with Gasteiger partial charge in [-0.25, -0.2) is 4.79 Å². The first-order valence-electron chi connectivity index (χ1n) is 11.7. The molecule has 7 heteroatoms. The summed E-state index contributed by atoms with van der Waals surface area (Å²) in [5.41, 5.74) is 7.26. The molecule has 174 valence electrons. The Balaban J connectivity index is 1.13. The van der Waals surface area contributed by atoms with E-state index in [1.807, 2.05) is 30.3 Å². The minimum Gasteiger partial charge on any atom is -0.423 e. The SMILES string of the molecule is O=C(OC1=CC(Cc2ccc3ccccc3c2)=NNC2OC12)c1cc(CCc2ccccc2)n[nH]1. The zero-order valence-corrected chi connectivity index (χ0v) is 19.0. The normalized spacial score (nSPS) is 18.6. The van der Waals surface area contributed by atoms with Crippen LogP contribution in [0, 0.1) is 0 Å². The molecular weight excluding hydrogens is 440 g/mol. The number of aromatic amines is 1. The summed E-state index contributed by atoms with van der Waals surface area (Å²) in [6.07, 6.45) is 3.36. The van der Waals surface area contributed by atoms with E-state index in [0.717, 1.165) is 29.8 Å². The van der Waals surface area contributed by atoms with Crippen LogP contribution in [0.15, 0.2) is 95.8 Å². The smallest absolute Gasteiger partial charge is 0.361 e. The highest BCUT2D eigenvalue weighted by atomic mass is 16.6. The van der Waals surface area contributed by atoms with Crippen molar-refractivity contribution in [2.24, 2.45) is 5.10 Å². The Hall–Kier alpha value is -4.23. The number of epoxide rings is 1. The molecule has 35 heavy (non-hydrogen) atoms. The van der Waals surface area contributed by atoms with Gasteiger partial charge in [0.2, 0.25) is 0 Å². The van der Waals surface area contributed by atoms with Gasteiger partial charge in [-0.2, -0.15) is 10.2 Å². The topological polar surface area (TPSA) is 91.9 Å². The number of hydrogen-bond acceptors (Lipinski definition) is 6. The molecule has 0 aliphatic carbocycles. The van der Waals surface area contributed by atoms with Gasteiger partial charge in [0.25, 0.3) is 0 Å². The number of carbonyl (C=O) groups excluding carboxylic acids is 1. The zero-order chi connectivity index (χ0) is 23.6. The van der Waals surface area contributed by atoms with Crippen LogP contribution in [0.1, 0.15) is 27.3 Å². The molecule has 4 aromatic rings. The number of nitrogens with one attached hydrogen (secondary N) is 2. The fourth-order valence-electron chi connectivity index (χ4n) is 4.26. The Morgan fingerprint density at radius 1 is 0.914 bits per heavy atom. The minimum absolute atomic E-state index is 0.286. The molecule has 0 bridgehead atoms. The molecule has 1 fully saturated rings. The van der Waals surface area contributed by atoms with Crippen molar-refractivity contribution in [1.29, 1.82) is 0 Å². The van der Waals surface area contributed by atoms with Gasteiger partial charge in [-0.15, -0.1) is 0 Å². The molecule has 3 aromatic carbocycles. The average Bonchev–Trinajstić information content (AvgIpc) is 3.54. The van der Waals surface area contributed by atoms with E-state index in [9.17, 15) is 4.79 Å². The van der Waals surface area contributed by atoms with Crippen LogP contribution in [0.3, 0.4) is 0 Å². The summed E-state index contributed by atoms with van der Waals surface area (Å²) in [5.74, 6) is -0.0408. The predicted molar refractivity (Wildman–Crippen MR) is 133 cm³/mol. The third kappa shape index (κ3) is 4.85. The Bertz CT molecular complexity index is 1440. The second-order valence-electron chi connectivity index (χ2n) is 8.76. The van der Waals surface area contributed by atoms with Gasteiger partial charge in [0.15, 0.2) is 12.3 Å². The maximum absolute atomic E-state index is 12.8. The summed E-state index contributed by atoms with van der Waals surface area (Å²) < 4.78 is 11.3. The van der Waals surface area contributed by atoms with Crippen LogP contribution in [-0.2, 0) is 28.7 Å². The van der Waals surface area contributed by atoms with Crippen molar-refractivity contribution in [3.63, 3.8) is 0 Å². The van der Waals surface area contributed by atoms with Gasteiger partial charge in [-0.3, -0.25) is 10.5 Å². The fraction of sp³-hybridized carbons (Fsp3) is 0.179. The standard InChI is InChI=1S/C28H24N4O3/c33-28(24-16-22(29-31-24)13-11-18-6-2-1-3-7-18)34-25-17-23(30-32-27-26(25)35-27)15-19-10-12-20-8-4-5-9-21(20)14-19/h1-10,12,14,16-17,26-27,32H,11,13,15H2,(H,29,31). The highest BCUT2D eigenvalue weighted by Crippen LogP contribution is 2.31. The number of ether oxygens (including phenoxy) is 2. The number of aromatic nitrogens is 2. The molecular formula is C28H24N4O3. The molecule has 3 heterocycles. The van der Waals surface area contributed by atoms with Gasteiger partial charge < -0.3 is 9.47 Å². The van der Waals surface area contributed by atoms with Crippen molar-refractivity contribution < 1.29 is 14.3 Å². The van der Waals surface area contributed by atoms with E-state index in [1.165, 1.54) is 16.3 Å². The molecule has 2 N–H and O–H groups in total. The number of fused-ring (bicyclic) bond motifs is 2. The van der Waals surface area contributed by atoms with Gasteiger partial charge in [0.1, 0.15) is 11.5 Å². The third-order valence-electron chi connectivity index (χ3n) is 6.19. The number of carbonyl (C=O) groups is 1. The number of benzene rings is 3. The zero-order valence-electron chi connectivity index (χ0n) is 19.0. The lowest BCUT2D eigenvalue weighted by Crippen LogP contribution is -2.15. The second kappa shape index (κ2) is 9.19. The summed E-state index contributed by atoms with van der Waals surface area (Å²) in [5, 5.41) is 13.9. The Kier molecular flexibility index (Phi) is 5.60. The van der Waals surface area contributed by atoms with E-state index in [2.05, 4.69) is 63.2 Å². The number of hydrazone groups is 1. The molecule has 2 unspecified atom stereocenters. The van der Waals surface area contributed by atoms with Gasteiger partial charge in [0, 0.05) is 12.5 Å². The van der Waals surface area contributed by atoms with Crippen molar-refractivity contribution in [2.75, 3.05) is 0 Å². The van der Waals surface area contributed by atoms with E-state index < -0.39 is 5.97 Å². The maximum Gasteiger partial charge on any atom is 0.361 e. The van der Waals surface area contributed by atoms with Crippen molar-refractivity contribution in [2.45, 2.75) is 31.6 Å². The van der Waals surface area contributed by atoms with Crippen LogP contribution in [-0.4, -0.2) is 34.2 Å². The molecule has 0 saturated carbocycles. The van der Waals surface area contributed by atoms with Crippen LogP contribution in [0.4, 0.5) is 0 Å². The minimum atomic E-state index is -0.490. The molecule has 7 nitrogen and oxygen atoms in total. The monoisotopic (exact) mass is 464 g/mol. The largest absolute Gasteiger partial charge is 0.423 e. The fourth-order valence-corrected chi connectivity index (χ4v) is 4.26. The molecule has 6 rings (SSSR count). The van der Waals surface area contributed by atoms with Crippen LogP contribution < -0.4 is 5.43 Å². The van der Waals surface area contributed by atoms with Crippen molar-refractivity contribution >= 4 is 22.5 Å². The number of rotatable bonds is 7. The Labute approximate surface area is 202 Å². The lowest BCUT2D eigenvalue weighted by molar-refractivity contribution is 0.0596. The average molecular weight is 465 g/mol. The van der Waals surface area contributed by atoms with Crippen LogP contribution in [0.5, 0.6) is 0 Å². The highest BCUT2D eigenvalue weighted by Gasteiger charge is 2.46. The molecule has 0 spiro atoms. The molecule has 2 atom stereocenters. The number of allylic oxidation sites excluding steroid dienone is 1. The lowest BCUT2D eigenvalue weighted by atomic mass is 10.0. The first-order valence-corrected chi connectivity index (χ1v) is 11.7. The van der Waals surface area contributed by atoms with E-state index in [4.69, 9.17) is 9.47 Å². The maximum atomic E-state index is 12.8. The molecule has 2 aliphatic rings. The lowest BCUT2D eigenvalue weighted by Gasteiger charge is -2.07. The van der Waals surface area contributed by atoms with Crippen molar-refractivity contribution in [3.05, 3.63) is 113 Å². The molecule has 0 radical (unpaired) electrons. The van der Waals surface area contributed by atoms with Crippen LogP contribution >= 0.6 is 0 Å². The van der Waals surface area contributed by atoms with Crippen molar-refractivity contribution in [1.82, 2.24) is 15.6 Å².